The van der Waals surface area contributed by atoms with Gasteiger partial charge in [0.2, 0.25) is 0 Å². The zero-order valence-electron chi connectivity index (χ0n) is 14.9. The smallest absolute Gasteiger partial charge is 0.341 e. The zero-order chi connectivity index (χ0) is 19.2. The largest absolute Gasteiger partial charge is 0.482 e. The predicted molar refractivity (Wildman–Crippen MR) is 99.1 cm³/mol. The van der Waals surface area contributed by atoms with E-state index in [1.165, 1.54) is 0 Å². The maximum absolute atomic E-state index is 12.5. The second kappa shape index (κ2) is 8.53. The molecule has 1 aliphatic carbocycles. The van der Waals surface area contributed by atoms with Crippen molar-refractivity contribution in [2.75, 3.05) is 6.61 Å². The molecule has 0 spiro atoms. The third-order valence-corrected chi connectivity index (χ3v) is 4.55. The number of fused-ring (bicyclic) bond motifs is 1. The molecular formula is C20H22N2O5. The SMILES string of the molecule is O=C(O)COc1cccc(CNC(=O)c2cc3c([nH]c2=O)CCCCC3)c1. The van der Waals surface area contributed by atoms with E-state index in [0.717, 1.165) is 48.9 Å². The van der Waals surface area contributed by atoms with Crippen LogP contribution in [0, 0.1) is 0 Å². The van der Waals surface area contributed by atoms with Crippen LogP contribution in [0.25, 0.3) is 0 Å². The number of ether oxygens (including phenoxy) is 1. The highest BCUT2D eigenvalue weighted by atomic mass is 16.5. The first-order chi connectivity index (χ1) is 13.0. The van der Waals surface area contributed by atoms with Crippen LogP contribution in [0.2, 0.25) is 0 Å². The van der Waals surface area contributed by atoms with Gasteiger partial charge in [0.25, 0.3) is 11.5 Å². The molecule has 2 aromatic rings. The predicted octanol–water partition coefficient (Wildman–Crippen LogP) is 2.04. The van der Waals surface area contributed by atoms with Crippen molar-refractivity contribution in [1.29, 1.82) is 0 Å². The minimum absolute atomic E-state index is 0.119. The summed E-state index contributed by atoms with van der Waals surface area (Å²) in [7, 11) is 0. The Balaban J connectivity index is 1.67. The number of benzene rings is 1. The standard InChI is InChI=1S/C20H22N2O5/c23-18(24)12-27-15-7-4-5-13(9-15)11-21-19(25)16-10-14-6-2-1-3-8-17(14)22-20(16)26/h4-5,7,9-10H,1-3,6,8,11-12H2,(H,21,25)(H,22,26)(H,23,24). The van der Waals surface area contributed by atoms with Gasteiger partial charge in [0.1, 0.15) is 11.3 Å². The van der Waals surface area contributed by atoms with Crippen molar-refractivity contribution in [1.82, 2.24) is 10.3 Å². The molecule has 0 saturated carbocycles. The van der Waals surface area contributed by atoms with E-state index in [-0.39, 0.29) is 17.7 Å². The Bertz CT molecular complexity index is 903. The molecule has 0 bridgehead atoms. The number of carbonyl (C=O) groups excluding carboxylic acids is 1. The number of amides is 1. The zero-order valence-corrected chi connectivity index (χ0v) is 14.9. The molecule has 0 saturated heterocycles. The van der Waals surface area contributed by atoms with Gasteiger partial charge in [0, 0.05) is 12.2 Å². The minimum Gasteiger partial charge on any atom is -0.482 e. The lowest BCUT2D eigenvalue weighted by Crippen LogP contribution is -2.30. The number of nitrogens with one attached hydrogen (secondary N) is 2. The van der Waals surface area contributed by atoms with E-state index in [0.29, 0.717) is 5.75 Å². The number of pyridine rings is 1. The summed E-state index contributed by atoms with van der Waals surface area (Å²) in [4.78, 5) is 38.2. The molecule has 3 N–H and O–H groups in total. The van der Waals surface area contributed by atoms with Crippen LogP contribution in [-0.2, 0) is 24.2 Å². The van der Waals surface area contributed by atoms with Crippen LogP contribution in [0.1, 0.15) is 46.4 Å². The summed E-state index contributed by atoms with van der Waals surface area (Å²) in [6, 6.07) is 8.51. The van der Waals surface area contributed by atoms with Crippen LogP contribution >= 0.6 is 0 Å². The molecule has 0 radical (unpaired) electrons. The Labute approximate surface area is 156 Å². The van der Waals surface area contributed by atoms with Crippen molar-refractivity contribution >= 4 is 11.9 Å². The van der Waals surface area contributed by atoms with Crippen LogP contribution < -0.4 is 15.6 Å². The molecule has 7 heteroatoms. The summed E-state index contributed by atoms with van der Waals surface area (Å²) in [6.07, 6.45) is 4.95. The number of hydrogen-bond donors (Lipinski definition) is 3. The number of rotatable bonds is 6. The fourth-order valence-corrected chi connectivity index (χ4v) is 3.19. The van der Waals surface area contributed by atoms with Gasteiger partial charge < -0.3 is 20.1 Å². The van der Waals surface area contributed by atoms with Gasteiger partial charge >= 0.3 is 5.97 Å². The van der Waals surface area contributed by atoms with E-state index in [1.807, 2.05) is 0 Å². The van der Waals surface area contributed by atoms with Crippen LogP contribution in [0.4, 0.5) is 0 Å². The molecule has 0 aliphatic heterocycles. The van der Waals surface area contributed by atoms with E-state index in [4.69, 9.17) is 9.84 Å². The summed E-state index contributed by atoms with van der Waals surface area (Å²) in [5, 5.41) is 11.4. The molecule has 142 valence electrons. The Hall–Kier alpha value is -3.09. The lowest BCUT2D eigenvalue weighted by molar-refractivity contribution is -0.139. The molecule has 7 nitrogen and oxygen atoms in total. The second-order valence-electron chi connectivity index (χ2n) is 6.59. The number of aromatic amines is 1. The first-order valence-corrected chi connectivity index (χ1v) is 9.00. The quantitative estimate of drug-likeness (QED) is 0.674. The van der Waals surface area contributed by atoms with Gasteiger partial charge in [-0.3, -0.25) is 9.59 Å². The molecule has 27 heavy (non-hydrogen) atoms. The number of carboxylic acid groups (broad SMARTS) is 1. The molecule has 3 rings (SSSR count). The number of aryl methyl sites for hydroxylation is 2. The van der Waals surface area contributed by atoms with Crippen LogP contribution in [-0.4, -0.2) is 28.6 Å². The van der Waals surface area contributed by atoms with Crippen molar-refractivity contribution < 1.29 is 19.4 Å². The summed E-state index contributed by atoms with van der Waals surface area (Å²) in [5.41, 5.74) is 2.48. The first-order valence-electron chi connectivity index (χ1n) is 9.00. The molecule has 1 amide bonds. The van der Waals surface area contributed by atoms with Gasteiger partial charge in [-0.25, -0.2) is 4.79 Å². The number of hydrogen-bond acceptors (Lipinski definition) is 4. The highest BCUT2D eigenvalue weighted by Crippen LogP contribution is 2.18. The fourth-order valence-electron chi connectivity index (χ4n) is 3.19. The van der Waals surface area contributed by atoms with Crippen molar-refractivity contribution in [2.45, 2.75) is 38.6 Å². The van der Waals surface area contributed by atoms with Crippen molar-refractivity contribution in [3.05, 3.63) is 63.1 Å². The lowest BCUT2D eigenvalue weighted by Gasteiger charge is -2.10. The van der Waals surface area contributed by atoms with Gasteiger partial charge in [-0.05, 0) is 55.0 Å². The summed E-state index contributed by atoms with van der Waals surface area (Å²) >= 11 is 0. The minimum atomic E-state index is -1.06. The third-order valence-electron chi connectivity index (χ3n) is 4.55. The number of aliphatic carboxylic acids is 1. The van der Waals surface area contributed by atoms with E-state index < -0.39 is 18.5 Å². The van der Waals surface area contributed by atoms with E-state index >= 15 is 0 Å². The van der Waals surface area contributed by atoms with Crippen LogP contribution in [0.5, 0.6) is 5.75 Å². The average Bonchev–Trinajstić information content (AvgIpc) is 2.89. The molecule has 1 aliphatic rings. The number of carboxylic acids is 1. The Morgan fingerprint density at radius 1 is 1.15 bits per heavy atom. The molecule has 1 aromatic heterocycles. The van der Waals surface area contributed by atoms with Gasteiger partial charge in [-0.1, -0.05) is 18.6 Å². The molecular weight excluding hydrogens is 348 g/mol. The number of H-pyrrole nitrogens is 1. The summed E-state index contributed by atoms with van der Waals surface area (Å²) in [6.45, 7) is -0.222. The number of carbonyl (C=O) groups is 2. The topological polar surface area (TPSA) is 108 Å². The highest BCUT2D eigenvalue weighted by molar-refractivity contribution is 5.94. The second-order valence-corrected chi connectivity index (χ2v) is 6.59. The number of aromatic nitrogens is 1. The normalized spacial score (nSPS) is 13.3. The molecule has 0 atom stereocenters. The van der Waals surface area contributed by atoms with Crippen LogP contribution in [0.15, 0.2) is 35.1 Å². The van der Waals surface area contributed by atoms with Gasteiger partial charge in [-0.15, -0.1) is 0 Å². The van der Waals surface area contributed by atoms with Crippen molar-refractivity contribution in [2.24, 2.45) is 0 Å². The van der Waals surface area contributed by atoms with E-state index in [9.17, 15) is 14.4 Å². The van der Waals surface area contributed by atoms with Crippen molar-refractivity contribution in [3.8, 4) is 5.75 Å². The van der Waals surface area contributed by atoms with Crippen molar-refractivity contribution in [3.63, 3.8) is 0 Å². The maximum atomic E-state index is 12.5. The van der Waals surface area contributed by atoms with E-state index in [1.54, 1.807) is 30.3 Å². The molecule has 0 fully saturated rings. The summed E-state index contributed by atoms with van der Waals surface area (Å²) in [5.74, 6) is -1.08. The molecule has 1 aromatic carbocycles. The Morgan fingerprint density at radius 3 is 2.78 bits per heavy atom. The molecule has 0 unspecified atom stereocenters. The third kappa shape index (κ3) is 4.97. The van der Waals surface area contributed by atoms with Gasteiger partial charge in [0.15, 0.2) is 6.61 Å². The first kappa shape index (κ1) is 18.7. The maximum Gasteiger partial charge on any atom is 0.341 e. The Morgan fingerprint density at radius 2 is 1.96 bits per heavy atom. The molecule has 1 heterocycles. The average molecular weight is 370 g/mol. The monoisotopic (exact) mass is 370 g/mol. The van der Waals surface area contributed by atoms with Gasteiger partial charge in [0.05, 0.1) is 0 Å². The fraction of sp³-hybridized carbons (Fsp3) is 0.350. The Kier molecular flexibility index (Phi) is 5.90. The highest BCUT2D eigenvalue weighted by Gasteiger charge is 2.16. The summed E-state index contributed by atoms with van der Waals surface area (Å²) < 4.78 is 5.13. The van der Waals surface area contributed by atoms with Gasteiger partial charge in [-0.2, -0.15) is 0 Å². The lowest BCUT2D eigenvalue weighted by atomic mass is 10.1. The van der Waals surface area contributed by atoms with Crippen LogP contribution in [0.3, 0.4) is 0 Å². The van der Waals surface area contributed by atoms with E-state index in [2.05, 4.69) is 10.3 Å².